The van der Waals surface area contributed by atoms with Crippen molar-refractivity contribution in [2.75, 3.05) is 0 Å². The van der Waals surface area contributed by atoms with Gasteiger partial charge in [-0.15, -0.1) is 0 Å². The standard InChI is InChI=1S/C37H28O/c38-35-36(30-22-12-4-13-23-30)26-32(27-16-6-1-7-17-27)37(35,31-24-14-5-15-25-31)34(29-20-10-3-11-21-29)33(36)28-18-8-2-9-19-28/h1-25,32H,26H2/t32-,36+,37+/m0/s1. The van der Waals surface area contributed by atoms with Crippen LogP contribution in [-0.4, -0.2) is 5.78 Å². The summed E-state index contributed by atoms with van der Waals surface area (Å²) in [6.45, 7) is 0. The predicted octanol–water partition coefficient (Wildman–Crippen LogP) is 8.24. The normalized spacial score (nSPS) is 24.1. The number of rotatable bonds is 5. The minimum Gasteiger partial charge on any atom is -0.297 e. The van der Waals surface area contributed by atoms with Crippen LogP contribution < -0.4 is 0 Å². The Bertz CT molecular complexity index is 1620. The number of Topliss-reactive ketones (excluding diaryl/α,β-unsaturated/α-hetero) is 1. The van der Waals surface area contributed by atoms with Crippen LogP contribution in [0, 0.1) is 0 Å². The minimum atomic E-state index is -0.815. The maximum absolute atomic E-state index is 15.5. The molecular formula is C37H28O. The Kier molecular flexibility index (Phi) is 5.26. The van der Waals surface area contributed by atoms with E-state index in [2.05, 4.69) is 140 Å². The highest BCUT2D eigenvalue weighted by Crippen LogP contribution is 2.72. The van der Waals surface area contributed by atoms with Crippen LogP contribution in [0.3, 0.4) is 0 Å². The van der Waals surface area contributed by atoms with Gasteiger partial charge in [0.2, 0.25) is 0 Å². The van der Waals surface area contributed by atoms with Gasteiger partial charge in [-0.1, -0.05) is 152 Å². The van der Waals surface area contributed by atoms with E-state index in [1.54, 1.807) is 0 Å². The molecule has 5 aromatic rings. The number of allylic oxidation sites excluding steroid dienone is 2. The smallest absolute Gasteiger partial charge is 0.163 e. The van der Waals surface area contributed by atoms with Gasteiger partial charge in [0.15, 0.2) is 5.78 Å². The fraction of sp³-hybridized carbons (Fsp3) is 0.108. The number of carbonyl (C=O) groups excluding carboxylic acids is 1. The van der Waals surface area contributed by atoms with E-state index in [0.717, 1.165) is 39.8 Å². The van der Waals surface area contributed by atoms with E-state index in [9.17, 15) is 0 Å². The number of benzene rings is 5. The molecule has 5 aromatic carbocycles. The molecular weight excluding hydrogens is 460 g/mol. The van der Waals surface area contributed by atoms with E-state index < -0.39 is 10.8 Å². The van der Waals surface area contributed by atoms with Crippen molar-refractivity contribution in [2.24, 2.45) is 0 Å². The van der Waals surface area contributed by atoms with Crippen LogP contribution in [0.5, 0.6) is 0 Å². The van der Waals surface area contributed by atoms with E-state index in [1.165, 1.54) is 5.56 Å². The number of fused-ring (bicyclic) bond motifs is 2. The molecule has 0 amide bonds. The molecule has 2 aliphatic carbocycles. The van der Waals surface area contributed by atoms with Gasteiger partial charge >= 0.3 is 0 Å². The molecule has 0 aromatic heterocycles. The van der Waals surface area contributed by atoms with Crippen molar-refractivity contribution in [2.45, 2.75) is 23.2 Å². The first-order valence-electron chi connectivity index (χ1n) is 13.3. The summed E-state index contributed by atoms with van der Waals surface area (Å²) in [5.74, 6) is 0.287. The maximum Gasteiger partial charge on any atom is 0.163 e. The summed E-state index contributed by atoms with van der Waals surface area (Å²) in [5, 5.41) is 0. The third kappa shape index (κ3) is 3.02. The minimum absolute atomic E-state index is 0.00137. The van der Waals surface area contributed by atoms with Gasteiger partial charge in [0.05, 0.1) is 10.8 Å². The highest BCUT2D eigenvalue weighted by atomic mass is 16.1. The molecule has 0 aliphatic heterocycles. The first kappa shape index (κ1) is 22.7. The number of carbonyl (C=O) groups is 1. The quantitative estimate of drug-likeness (QED) is 0.243. The molecule has 38 heavy (non-hydrogen) atoms. The Balaban J connectivity index is 1.68. The lowest BCUT2D eigenvalue weighted by atomic mass is 9.61. The molecule has 0 spiro atoms. The highest BCUT2D eigenvalue weighted by molar-refractivity contribution is 6.29. The molecule has 0 saturated heterocycles. The monoisotopic (exact) mass is 488 g/mol. The van der Waals surface area contributed by atoms with Crippen LogP contribution in [0.25, 0.3) is 11.1 Å². The summed E-state index contributed by atoms with van der Waals surface area (Å²) in [6.07, 6.45) is 0.731. The molecule has 1 saturated carbocycles. The zero-order valence-electron chi connectivity index (χ0n) is 21.1. The van der Waals surface area contributed by atoms with Crippen LogP contribution in [0.2, 0.25) is 0 Å². The van der Waals surface area contributed by atoms with Gasteiger partial charge in [0.1, 0.15) is 0 Å². The average molecular weight is 489 g/mol. The highest BCUT2D eigenvalue weighted by Gasteiger charge is 2.72. The summed E-state index contributed by atoms with van der Waals surface area (Å²) in [4.78, 5) is 15.5. The van der Waals surface area contributed by atoms with Crippen LogP contribution in [0.4, 0.5) is 0 Å². The number of hydrogen-bond acceptors (Lipinski definition) is 1. The Morgan fingerprint density at radius 2 is 0.895 bits per heavy atom. The van der Waals surface area contributed by atoms with Crippen LogP contribution in [-0.2, 0) is 15.6 Å². The van der Waals surface area contributed by atoms with Gasteiger partial charge < -0.3 is 0 Å². The summed E-state index contributed by atoms with van der Waals surface area (Å²) >= 11 is 0. The molecule has 1 fully saturated rings. The lowest BCUT2D eigenvalue weighted by Crippen LogP contribution is -2.38. The van der Waals surface area contributed by atoms with E-state index in [-0.39, 0.29) is 11.7 Å². The summed E-state index contributed by atoms with van der Waals surface area (Å²) in [6, 6.07) is 52.8. The molecule has 3 atom stereocenters. The first-order chi connectivity index (χ1) is 18.8. The van der Waals surface area contributed by atoms with Gasteiger partial charge in [0, 0.05) is 5.92 Å². The summed E-state index contributed by atoms with van der Waals surface area (Å²) in [7, 11) is 0. The molecule has 1 nitrogen and oxygen atoms in total. The Morgan fingerprint density at radius 1 is 0.474 bits per heavy atom. The number of hydrogen-bond donors (Lipinski definition) is 0. The van der Waals surface area contributed by atoms with E-state index in [4.69, 9.17) is 0 Å². The first-order valence-corrected chi connectivity index (χ1v) is 13.3. The molecule has 0 N–H and O–H groups in total. The SMILES string of the molecule is O=C1[C@@]2(c3ccccc3)C[C@@H](c3ccccc3)[C@]1(c1ccccc1)C(c1ccccc1)=C2c1ccccc1. The maximum atomic E-state index is 15.5. The largest absolute Gasteiger partial charge is 0.297 e. The molecule has 2 bridgehead atoms. The molecule has 0 heterocycles. The lowest BCUT2D eigenvalue weighted by molar-refractivity contribution is -0.123. The van der Waals surface area contributed by atoms with Crippen LogP contribution in [0.15, 0.2) is 152 Å². The fourth-order valence-electron chi connectivity index (χ4n) is 7.28. The fourth-order valence-corrected chi connectivity index (χ4v) is 7.28. The van der Waals surface area contributed by atoms with Crippen molar-refractivity contribution >= 4 is 16.9 Å². The third-order valence-corrected chi connectivity index (χ3v) is 8.67. The zero-order chi connectivity index (χ0) is 25.6. The topological polar surface area (TPSA) is 17.1 Å². The van der Waals surface area contributed by atoms with Crippen LogP contribution in [0.1, 0.15) is 40.2 Å². The molecule has 1 heteroatoms. The van der Waals surface area contributed by atoms with Gasteiger partial charge in [-0.25, -0.2) is 0 Å². The molecule has 7 rings (SSSR count). The lowest BCUT2D eigenvalue weighted by Gasteiger charge is -2.39. The van der Waals surface area contributed by atoms with Crippen molar-refractivity contribution in [3.05, 3.63) is 179 Å². The summed E-state index contributed by atoms with van der Waals surface area (Å²) < 4.78 is 0. The van der Waals surface area contributed by atoms with Crippen molar-refractivity contribution in [1.82, 2.24) is 0 Å². The van der Waals surface area contributed by atoms with Gasteiger partial charge in [-0.2, -0.15) is 0 Å². The van der Waals surface area contributed by atoms with E-state index >= 15 is 4.79 Å². The molecule has 2 aliphatic rings. The van der Waals surface area contributed by atoms with E-state index in [0.29, 0.717) is 0 Å². The van der Waals surface area contributed by atoms with Crippen molar-refractivity contribution in [1.29, 1.82) is 0 Å². The second kappa shape index (κ2) is 8.82. The predicted molar refractivity (Wildman–Crippen MR) is 155 cm³/mol. The van der Waals surface area contributed by atoms with E-state index in [1.807, 2.05) is 12.1 Å². The zero-order valence-corrected chi connectivity index (χ0v) is 21.1. The van der Waals surface area contributed by atoms with Gasteiger partial charge in [-0.3, -0.25) is 4.79 Å². The second-order valence-electron chi connectivity index (χ2n) is 10.4. The molecule has 0 unspecified atom stereocenters. The molecule has 182 valence electrons. The Morgan fingerprint density at radius 3 is 1.42 bits per heavy atom. The third-order valence-electron chi connectivity index (χ3n) is 8.67. The second-order valence-corrected chi connectivity index (χ2v) is 10.4. The number of ketones is 1. The van der Waals surface area contributed by atoms with Crippen molar-refractivity contribution in [3.8, 4) is 0 Å². The van der Waals surface area contributed by atoms with Crippen molar-refractivity contribution < 1.29 is 4.79 Å². The average Bonchev–Trinajstić information content (AvgIpc) is 3.41. The van der Waals surface area contributed by atoms with Gasteiger partial charge in [0.25, 0.3) is 0 Å². The molecule has 0 radical (unpaired) electrons. The Labute approximate surface area is 224 Å². The van der Waals surface area contributed by atoms with Crippen LogP contribution >= 0.6 is 0 Å². The van der Waals surface area contributed by atoms with Gasteiger partial charge in [-0.05, 0) is 45.4 Å². The Hall–Kier alpha value is -4.49. The summed E-state index contributed by atoms with van der Waals surface area (Å²) in [5.41, 5.74) is 6.31. The van der Waals surface area contributed by atoms with Crippen molar-refractivity contribution in [3.63, 3.8) is 0 Å².